The number of aromatic nitrogens is 1. The van der Waals surface area contributed by atoms with E-state index in [9.17, 15) is 5.11 Å². The lowest BCUT2D eigenvalue weighted by atomic mass is 9.99. The van der Waals surface area contributed by atoms with E-state index in [2.05, 4.69) is 42.5 Å². The number of benzene rings is 1. The van der Waals surface area contributed by atoms with E-state index >= 15 is 0 Å². The second-order valence-corrected chi connectivity index (χ2v) is 5.79. The van der Waals surface area contributed by atoms with Crippen LogP contribution >= 0.6 is 0 Å². The molecule has 4 aromatic rings. The Morgan fingerprint density at radius 3 is 2.27 bits per heavy atom. The van der Waals surface area contributed by atoms with Crippen LogP contribution in [0.25, 0.3) is 27.7 Å². The van der Waals surface area contributed by atoms with Gasteiger partial charge in [-0.25, -0.2) is 0 Å². The Morgan fingerprint density at radius 2 is 1.59 bits per heavy atom. The minimum Gasteiger partial charge on any atom is -0.508 e. The van der Waals surface area contributed by atoms with Gasteiger partial charge in [0.2, 0.25) is 0 Å². The molecule has 110 valence electrons. The number of hydrogen-bond donors (Lipinski definition) is 1. The van der Waals surface area contributed by atoms with Crippen molar-refractivity contribution in [3.63, 3.8) is 0 Å². The lowest BCUT2D eigenvalue weighted by molar-refractivity contribution is 0.475. The molecular weight excluding hydrogens is 270 g/mol. The molecule has 0 spiro atoms. The Bertz CT molecular complexity index is 947. The topological polar surface area (TPSA) is 24.6 Å². The smallest absolute Gasteiger partial charge is 0.115 e. The Balaban J connectivity index is 2.14. The first-order valence-electron chi connectivity index (χ1n) is 7.91. The van der Waals surface area contributed by atoms with Gasteiger partial charge < -0.3 is 9.51 Å². The van der Waals surface area contributed by atoms with Crippen LogP contribution in [-0.2, 0) is 12.8 Å². The molecule has 0 saturated carbocycles. The lowest BCUT2D eigenvalue weighted by Gasteiger charge is -2.04. The number of aromatic hydroxyl groups is 1. The molecule has 0 amide bonds. The minimum atomic E-state index is 0.312. The van der Waals surface area contributed by atoms with E-state index in [1.54, 1.807) is 12.1 Å². The third-order valence-electron chi connectivity index (χ3n) is 4.63. The largest absolute Gasteiger partial charge is 0.508 e. The van der Waals surface area contributed by atoms with Gasteiger partial charge in [-0.3, -0.25) is 0 Å². The van der Waals surface area contributed by atoms with E-state index in [4.69, 9.17) is 0 Å². The van der Waals surface area contributed by atoms with E-state index in [1.807, 2.05) is 12.1 Å². The molecule has 0 bridgehead atoms. The molecule has 0 radical (unpaired) electrons. The van der Waals surface area contributed by atoms with Gasteiger partial charge in [0.1, 0.15) is 5.75 Å². The highest BCUT2D eigenvalue weighted by Crippen LogP contribution is 2.38. The van der Waals surface area contributed by atoms with Crippen molar-refractivity contribution in [1.29, 1.82) is 0 Å². The maximum absolute atomic E-state index is 9.57. The Hall–Kier alpha value is -2.48. The normalized spacial score (nSPS) is 11.7. The van der Waals surface area contributed by atoms with Crippen molar-refractivity contribution in [2.24, 2.45) is 0 Å². The predicted molar refractivity (Wildman–Crippen MR) is 91.9 cm³/mol. The van der Waals surface area contributed by atoms with Crippen LogP contribution in [0.15, 0.2) is 48.5 Å². The van der Waals surface area contributed by atoms with E-state index in [1.165, 1.54) is 38.8 Å². The van der Waals surface area contributed by atoms with E-state index in [0.717, 1.165) is 12.8 Å². The number of pyridine rings is 1. The molecule has 0 aliphatic heterocycles. The number of nitrogens with zero attached hydrogens (tertiary/aromatic N) is 1. The molecule has 3 aromatic heterocycles. The molecule has 0 unspecified atom stereocenters. The zero-order valence-electron chi connectivity index (χ0n) is 12.9. The average Bonchev–Trinajstić information content (AvgIpc) is 3.07. The summed E-state index contributed by atoms with van der Waals surface area (Å²) in [6, 6.07) is 16.5. The van der Waals surface area contributed by atoms with Gasteiger partial charge in [0, 0.05) is 11.1 Å². The second kappa shape index (κ2) is 4.77. The van der Waals surface area contributed by atoms with Crippen LogP contribution in [0, 0.1) is 0 Å². The van der Waals surface area contributed by atoms with Gasteiger partial charge in [0.15, 0.2) is 0 Å². The van der Waals surface area contributed by atoms with Gasteiger partial charge in [-0.05, 0) is 59.9 Å². The predicted octanol–water partition coefficient (Wildman–Crippen LogP) is 5.03. The highest BCUT2D eigenvalue weighted by Gasteiger charge is 2.19. The Morgan fingerprint density at radius 1 is 0.864 bits per heavy atom. The SMILES string of the molecule is CCc1cc2c(-c3ccc(O)cc3)c(CC)c3cccc1n32. The molecule has 2 nitrogen and oxygen atoms in total. The van der Waals surface area contributed by atoms with Crippen LogP contribution in [0.5, 0.6) is 5.75 Å². The zero-order valence-corrected chi connectivity index (χ0v) is 12.9. The summed E-state index contributed by atoms with van der Waals surface area (Å²) in [7, 11) is 0. The molecule has 2 heteroatoms. The van der Waals surface area contributed by atoms with Gasteiger partial charge in [-0.15, -0.1) is 0 Å². The van der Waals surface area contributed by atoms with Crippen molar-refractivity contribution < 1.29 is 5.11 Å². The molecule has 0 saturated heterocycles. The monoisotopic (exact) mass is 289 g/mol. The van der Waals surface area contributed by atoms with Crippen LogP contribution in [0.3, 0.4) is 0 Å². The Kier molecular flexibility index (Phi) is 2.86. The maximum atomic E-state index is 9.57. The summed E-state index contributed by atoms with van der Waals surface area (Å²) in [5.74, 6) is 0.312. The first-order valence-corrected chi connectivity index (χ1v) is 7.91. The fraction of sp³-hybridized carbons (Fsp3) is 0.200. The molecule has 0 atom stereocenters. The van der Waals surface area contributed by atoms with Crippen LogP contribution in [0.2, 0.25) is 0 Å². The third kappa shape index (κ3) is 1.67. The molecular formula is C20H19NO. The standard InChI is InChI=1S/C20H19NO/c1-3-13-12-19-20(14-8-10-15(22)11-9-14)16(4-2)18-7-5-6-17(13)21(18)19/h5-12,22H,3-4H2,1-2H3. The summed E-state index contributed by atoms with van der Waals surface area (Å²) < 4.78 is 2.39. The molecule has 4 rings (SSSR count). The van der Waals surface area contributed by atoms with Gasteiger partial charge in [0.25, 0.3) is 0 Å². The molecule has 0 fully saturated rings. The van der Waals surface area contributed by atoms with E-state index in [0.29, 0.717) is 5.75 Å². The van der Waals surface area contributed by atoms with E-state index < -0.39 is 0 Å². The van der Waals surface area contributed by atoms with Crippen molar-refractivity contribution in [3.8, 4) is 16.9 Å². The van der Waals surface area contributed by atoms with Crippen LogP contribution in [-0.4, -0.2) is 9.51 Å². The summed E-state index contributed by atoms with van der Waals surface area (Å²) in [6.07, 6.45) is 2.04. The summed E-state index contributed by atoms with van der Waals surface area (Å²) in [4.78, 5) is 0. The molecule has 1 N–H and O–H groups in total. The summed E-state index contributed by atoms with van der Waals surface area (Å²) >= 11 is 0. The van der Waals surface area contributed by atoms with Crippen molar-refractivity contribution >= 4 is 16.6 Å². The van der Waals surface area contributed by atoms with Crippen LogP contribution in [0.1, 0.15) is 25.0 Å². The first-order chi connectivity index (χ1) is 10.7. The summed E-state index contributed by atoms with van der Waals surface area (Å²) in [6.45, 7) is 4.42. The van der Waals surface area contributed by atoms with Crippen LogP contribution in [0.4, 0.5) is 0 Å². The van der Waals surface area contributed by atoms with Crippen molar-refractivity contribution in [1.82, 2.24) is 4.40 Å². The molecule has 3 heterocycles. The van der Waals surface area contributed by atoms with Gasteiger partial charge in [-0.2, -0.15) is 0 Å². The molecule has 1 aromatic carbocycles. The lowest BCUT2D eigenvalue weighted by Crippen LogP contribution is -1.87. The number of aryl methyl sites for hydroxylation is 2. The highest BCUT2D eigenvalue weighted by molar-refractivity contribution is 5.96. The fourth-order valence-corrected chi connectivity index (χ4v) is 3.62. The number of hydrogen-bond acceptors (Lipinski definition) is 1. The minimum absolute atomic E-state index is 0.312. The quantitative estimate of drug-likeness (QED) is 0.562. The molecule has 22 heavy (non-hydrogen) atoms. The highest BCUT2D eigenvalue weighted by atomic mass is 16.3. The molecule has 0 aliphatic rings. The number of phenols is 1. The van der Waals surface area contributed by atoms with Gasteiger partial charge in [0.05, 0.1) is 11.0 Å². The first kappa shape index (κ1) is 13.2. The average molecular weight is 289 g/mol. The zero-order chi connectivity index (χ0) is 15.3. The third-order valence-corrected chi connectivity index (χ3v) is 4.63. The second-order valence-electron chi connectivity index (χ2n) is 5.79. The van der Waals surface area contributed by atoms with E-state index in [-0.39, 0.29) is 0 Å². The summed E-state index contributed by atoms with van der Waals surface area (Å²) in [5, 5.41) is 9.57. The van der Waals surface area contributed by atoms with Gasteiger partial charge >= 0.3 is 0 Å². The number of rotatable bonds is 3. The van der Waals surface area contributed by atoms with Gasteiger partial charge in [-0.1, -0.05) is 32.0 Å². The summed E-state index contributed by atoms with van der Waals surface area (Å²) in [5.41, 5.74) is 9.15. The Labute approximate surface area is 130 Å². The van der Waals surface area contributed by atoms with Crippen molar-refractivity contribution in [2.45, 2.75) is 26.7 Å². The van der Waals surface area contributed by atoms with Crippen molar-refractivity contribution in [2.75, 3.05) is 0 Å². The number of phenolic OH excluding ortho intramolecular Hbond substituents is 1. The maximum Gasteiger partial charge on any atom is 0.115 e. The van der Waals surface area contributed by atoms with Crippen LogP contribution < -0.4 is 0 Å². The molecule has 0 aliphatic carbocycles. The van der Waals surface area contributed by atoms with Crippen molar-refractivity contribution in [3.05, 3.63) is 59.7 Å². The fourth-order valence-electron chi connectivity index (χ4n) is 3.62.